The van der Waals surface area contributed by atoms with Crippen LogP contribution >= 0.6 is 0 Å². The molecule has 0 saturated carbocycles. The Labute approximate surface area is 175 Å². The summed E-state index contributed by atoms with van der Waals surface area (Å²) in [6, 6.07) is 9.93. The lowest BCUT2D eigenvalue weighted by atomic mass is 10.1. The number of nitrogens with zero attached hydrogens (tertiary/aromatic N) is 4. The molecule has 2 saturated heterocycles. The van der Waals surface area contributed by atoms with E-state index in [4.69, 9.17) is 0 Å². The van der Waals surface area contributed by atoms with E-state index in [1.165, 1.54) is 12.1 Å². The number of benzene rings is 1. The Kier molecular flexibility index (Phi) is 5.69. The van der Waals surface area contributed by atoms with Crippen molar-refractivity contribution in [2.75, 3.05) is 50.7 Å². The predicted octanol–water partition coefficient (Wildman–Crippen LogP) is 0.165. The second-order valence-electron chi connectivity index (χ2n) is 7.20. The average molecular weight is 430 g/mol. The Morgan fingerprint density at radius 2 is 1.73 bits per heavy atom. The van der Waals surface area contributed by atoms with Gasteiger partial charge >= 0.3 is 0 Å². The molecular formula is C20H23N5O4S. The molecule has 1 N–H and O–H groups in total. The summed E-state index contributed by atoms with van der Waals surface area (Å²) in [5.74, 6) is -0.526. The number of nitrogens with one attached hydrogen (secondary N) is 1. The van der Waals surface area contributed by atoms with Gasteiger partial charge in [-0.2, -0.15) is 4.31 Å². The van der Waals surface area contributed by atoms with Crippen LogP contribution in [-0.2, 0) is 14.8 Å². The molecule has 1 aromatic carbocycles. The summed E-state index contributed by atoms with van der Waals surface area (Å²) in [4.78, 5) is 32.5. The first-order valence-corrected chi connectivity index (χ1v) is 11.2. The van der Waals surface area contributed by atoms with Gasteiger partial charge in [-0.25, -0.2) is 8.42 Å². The van der Waals surface area contributed by atoms with Gasteiger partial charge < -0.3 is 15.1 Å². The number of sulfonamides is 1. The highest BCUT2D eigenvalue weighted by atomic mass is 32.2. The molecule has 2 aromatic rings. The Morgan fingerprint density at radius 1 is 1.00 bits per heavy atom. The number of piperazine rings is 2. The first-order valence-electron chi connectivity index (χ1n) is 9.76. The van der Waals surface area contributed by atoms with E-state index in [-0.39, 0.29) is 36.3 Å². The molecule has 4 rings (SSSR count). The standard InChI is InChI=1S/C20H23N5O4S/c26-19-15-25(9-8-22-19)30(28,29)18-3-1-2-16(14-18)20(27)24-12-10-23(11-13-24)17-4-6-21-7-5-17/h1-7,14H,8-13,15H2,(H,22,26). The maximum absolute atomic E-state index is 13.0. The van der Waals surface area contributed by atoms with E-state index in [1.807, 2.05) is 12.1 Å². The monoisotopic (exact) mass is 429 g/mol. The van der Waals surface area contributed by atoms with E-state index >= 15 is 0 Å². The van der Waals surface area contributed by atoms with Crippen molar-refractivity contribution in [3.05, 3.63) is 54.4 Å². The minimum Gasteiger partial charge on any atom is -0.368 e. The Balaban J connectivity index is 1.46. The number of hydrogen-bond donors (Lipinski definition) is 1. The van der Waals surface area contributed by atoms with Crippen LogP contribution in [0.25, 0.3) is 0 Å². The number of amides is 2. The van der Waals surface area contributed by atoms with E-state index < -0.39 is 10.0 Å². The Hall–Kier alpha value is -2.98. The SMILES string of the molecule is O=C1CN(S(=O)(=O)c2cccc(C(=O)N3CCN(c4ccncc4)CC3)c2)CCN1. The zero-order valence-electron chi connectivity index (χ0n) is 16.4. The second kappa shape index (κ2) is 8.41. The number of carbonyl (C=O) groups is 2. The molecule has 0 atom stereocenters. The third-order valence-corrected chi connectivity index (χ3v) is 7.16. The van der Waals surface area contributed by atoms with Crippen molar-refractivity contribution < 1.29 is 18.0 Å². The molecule has 2 amide bonds. The summed E-state index contributed by atoms with van der Waals surface area (Å²) in [5.41, 5.74) is 1.39. The number of rotatable bonds is 4. The van der Waals surface area contributed by atoms with Crippen LogP contribution in [0, 0.1) is 0 Å². The Bertz CT molecular complexity index is 1040. The van der Waals surface area contributed by atoms with Crippen LogP contribution in [-0.4, -0.2) is 80.2 Å². The molecule has 2 fully saturated rings. The summed E-state index contributed by atoms with van der Waals surface area (Å²) in [6.07, 6.45) is 3.48. The van der Waals surface area contributed by atoms with Gasteiger partial charge in [-0.15, -0.1) is 0 Å². The van der Waals surface area contributed by atoms with Crippen molar-refractivity contribution in [3.63, 3.8) is 0 Å². The fourth-order valence-corrected chi connectivity index (χ4v) is 5.11. The summed E-state index contributed by atoms with van der Waals surface area (Å²) in [6.45, 7) is 2.75. The molecule has 30 heavy (non-hydrogen) atoms. The van der Waals surface area contributed by atoms with Gasteiger partial charge in [0, 0.05) is 62.9 Å². The molecule has 0 unspecified atom stereocenters. The first kappa shape index (κ1) is 20.3. The fourth-order valence-electron chi connectivity index (χ4n) is 3.66. The van der Waals surface area contributed by atoms with Crippen molar-refractivity contribution in [3.8, 4) is 0 Å². The van der Waals surface area contributed by atoms with Gasteiger partial charge in [-0.3, -0.25) is 14.6 Å². The number of aromatic nitrogens is 1. The molecule has 0 spiro atoms. The Morgan fingerprint density at radius 3 is 2.43 bits per heavy atom. The molecule has 158 valence electrons. The van der Waals surface area contributed by atoms with Gasteiger partial charge in [-0.05, 0) is 30.3 Å². The number of pyridine rings is 1. The van der Waals surface area contributed by atoms with Crippen LogP contribution in [0.1, 0.15) is 10.4 Å². The fraction of sp³-hybridized carbons (Fsp3) is 0.350. The zero-order chi connectivity index (χ0) is 21.1. The van der Waals surface area contributed by atoms with Gasteiger partial charge in [0.15, 0.2) is 0 Å². The molecule has 0 aliphatic carbocycles. The van der Waals surface area contributed by atoms with Crippen LogP contribution in [0.2, 0.25) is 0 Å². The van der Waals surface area contributed by atoms with Crippen LogP contribution < -0.4 is 10.2 Å². The van der Waals surface area contributed by atoms with Crippen LogP contribution in [0.3, 0.4) is 0 Å². The largest absolute Gasteiger partial charge is 0.368 e. The maximum Gasteiger partial charge on any atom is 0.254 e. The molecular weight excluding hydrogens is 406 g/mol. The third kappa shape index (κ3) is 4.14. The summed E-state index contributed by atoms with van der Waals surface area (Å²) >= 11 is 0. The average Bonchev–Trinajstić information content (AvgIpc) is 2.79. The third-order valence-electron chi connectivity index (χ3n) is 5.32. The molecule has 0 bridgehead atoms. The lowest BCUT2D eigenvalue weighted by Crippen LogP contribution is -2.50. The molecule has 2 aliphatic rings. The van der Waals surface area contributed by atoms with Gasteiger partial charge in [0.05, 0.1) is 11.4 Å². The predicted molar refractivity (Wildman–Crippen MR) is 111 cm³/mol. The highest BCUT2D eigenvalue weighted by Crippen LogP contribution is 2.20. The van der Waals surface area contributed by atoms with Crippen molar-refractivity contribution in [1.82, 2.24) is 19.5 Å². The van der Waals surface area contributed by atoms with E-state index in [2.05, 4.69) is 15.2 Å². The highest BCUT2D eigenvalue weighted by Gasteiger charge is 2.30. The molecule has 10 heteroatoms. The van der Waals surface area contributed by atoms with Crippen LogP contribution in [0.5, 0.6) is 0 Å². The van der Waals surface area contributed by atoms with E-state index in [1.54, 1.807) is 29.4 Å². The number of hydrogen-bond acceptors (Lipinski definition) is 6. The van der Waals surface area contributed by atoms with Gasteiger partial charge in [0.1, 0.15) is 0 Å². The minimum absolute atomic E-state index is 0.0264. The van der Waals surface area contributed by atoms with E-state index in [9.17, 15) is 18.0 Å². The topological polar surface area (TPSA) is 103 Å². The zero-order valence-corrected chi connectivity index (χ0v) is 17.2. The first-order chi connectivity index (χ1) is 14.4. The summed E-state index contributed by atoms with van der Waals surface area (Å²) in [5, 5.41) is 2.61. The molecule has 0 radical (unpaired) electrons. The van der Waals surface area contributed by atoms with Gasteiger partial charge in [-0.1, -0.05) is 6.07 Å². The highest BCUT2D eigenvalue weighted by molar-refractivity contribution is 7.89. The summed E-state index contributed by atoms with van der Waals surface area (Å²) in [7, 11) is -3.84. The quantitative estimate of drug-likeness (QED) is 0.743. The minimum atomic E-state index is -3.84. The van der Waals surface area contributed by atoms with Gasteiger partial charge in [0.2, 0.25) is 15.9 Å². The second-order valence-corrected chi connectivity index (χ2v) is 9.14. The molecule has 1 aromatic heterocycles. The van der Waals surface area contributed by atoms with Crippen molar-refractivity contribution >= 4 is 27.5 Å². The maximum atomic E-state index is 13.0. The molecule has 3 heterocycles. The normalized spacial score (nSPS) is 18.2. The summed E-state index contributed by atoms with van der Waals surface area (Å²) < 4.78 is 26.9. The lowest BCUT2D eigenvalue weighted by molar-refractivity contribution is -0.122. The number of carbonyl (C=O) groups excluding carboxylic acids is 2. The van der Waals surface area contributed by atoms with Crippen molar-refractivity contribution in [2.45, 2.75) is 4.90 Å². The van der Waals surface area contributed by atoms with Gasteiger partial charge in [0.25, 0.3) is 5.91 Å². The molecule has 9 nitrogen and oxygen atoms in total. The van der Waals surface area contributed by atoms with E-state index in [0.717, 1.165) is 9.99 Å². The lowest BCUT2D eigenvalue weighted by Gasteiger charge is -2.36. The van der Waals surface area contributed by atoms with Crippen LogP contribution in [0.4, 0.5) is 5.69 Å². The van der Waals surface area contributed by atoms with E-state index in [0.29, 0.717) is 31.7 Å². The van der Waals surface area contributed by atoms with Crippen molar-refractivity contribution in [1.29, 1.82) is 0 Å². The van der Waals surface area contributed by atoms with Crippen molar-refractivity contribution in [2.24, 2.45) is 0 Å². The smallest absolute Gasteiger partial charge is 0.254 e. The van der Waals surface area contributed by atoms with Crippen LogP contribution in [0.15, 0.2) is 53.7 Å². The number of anilines is 1. The molecule has 2 aliphatic heterocycles.